The highest BCUT2D eigenvalue weighted by Crippen LogP contribution is 2.51. The van der Waals surface area contributed by atoms with Crippen LogP contribution in [-0.4, -0.2) is 16.4 Å². The molecule has 11 heteroatoms. The molecule has 8 nitrogen and oxygen atoms in total. The van der Waals surface area contributed by atoms with Gasteiger partial charge in [0.25, 0.3) is 0 Å². The highest BCUT2D eigenvalue weighted by molar-refractivity contribution is 5.88. The summed E-state index contributed by atoms with van der Waals surface area (Å²) in [7, 11) is 0. The number of nitrogens with one attached hydrogen (secondary N) is 1. The molecule has 0 atom stereocenters. The van der Waals surface area contributed by atoms with Crippen LogP contribution in [0.25, 0.3) is 0 Å². The van der Waals surface area contributed by atoms with Gasteiger partial charge in [-0.2, -0.15) is 13.2 Å². The zero-order valence-electron chi connectivity index (χ0n) is 12.6. The van der Waals surface area contributed by atoms with Gasteiger partial charge in [-0.3, -0.25) is 20.2 Å². The summed E-state index contributed by atoms with van der Waals surface area (Å²) in [5, 5.41) is 25.1. The van der Waals surface area contributed by atoms with Crippen molar-refractivity contribution in [2.75, 3.05) is 17.6 Å². The number of nitrogen functional groups attached to an aromatic ring is 1. The van der Waals surface area contributed by atoms with E-state index >= 15 is 0 Å². The predicted molar refractivity (Wildman–Crippen MR) is 79.8 cm³/mol. The Hall–Kier alpha value is -2.59. The van der Waals surface area contributed by atoms with Gasteiger partial charge in [0.2, 0.25) is 0 Å². The van der Waals surface area contributed by atoms with E-state index in [2.05, 4.69) is 5.32 Å². The van der Waals surface area contributed by atoms with E-state index in [0.717, 1.165) is 0 Å². The molecule has 0 unspecified atom stereocenters. The molecule has 0 amide bonds. The van der Waals surface area contributed by atoms with Crippen LogP contribution < -0.4 is 11.1 Å². The monoisotopic (exact) mass is 348 g/mol. The first-order valence-corrected chi connectivity index (χ1v) is 7.17. The second-order valence-electron chi connectivity index (χ2n) is 5.53. The smallest absolute Gasteiger partial charge is 0.393 e. The SMILES string of the molecule is CCNc1c([N+](=O)[O-])c(N)c(C(F)(F)F)c(CC2CC2)c1[N+](=O)[O-]. The van der Waals surface area contributed by atoms with Crippen molar-refractivity contribution < 1.29 is 23.0 Å². The molecule has 1 aliphatic rings. The highest BCUT2D eigenvalue weighted by atomic mass is 19.4. The third-order valence-corrected chi connectivity index (χ3v) is 3.78. The Bertz CT molecular complexity index is 702. The van der Waals surface area contributed by atoms with Crippen LogP contribution in [0.3, 0.4) is 0 Å². The molecule has 0 spiro atoms. The number of nitrogens with zero attached hydrogens (tertiary/aromatic N) is 2. The molecule has 1 fully saturated rings. The topological polar surface area (TPSA) is 124 Å². The number of nitro groups is 2. The van der Waals surface area contributed by atoms with Crippen molar-refractivity contribution in [3.8, 4) is 0 Å². The maximum Gasteiger partial charge on any atom is 0.419 e. The van der Waals surface area contributed by atoms with Gasteiger partial charge in [-0.1, -0.05) is 0 Å². The zero-order valence-corrected chi connectivity index (χ0v) is 12.6. The number of halogens is 3. The van der Waals surface area contributed by atoms with E-state index in [4.69, 9.17) is 5.73 Å². The van der Waals surface area contributed by atoms with E-state index in [1.54, 1.807) is 0 Å². The second kappa shape index (κ2) is 6.13. The van der Waals surface area contributed by atoms with Crippen LogP contribution in [-0.2, 0) is 12.6 Å². The first kappa shape index (κ1) is 17.8. The number of anilines is 2. The number of hydrogen-bond donors (Lipinski definition) is 2. The molecule has 0 aromatic heterocycles. The summed E-state index contributed by atoms with van der Waals surface area (Å²) in [5.74, 6) is -0.111. The van der Waals surface area contributed by atoms with E-state index < -0.39 is 49.9 Å². The van der Waals surface area contributed by atoms with Gasteiger partial charge in [-0.15, -0.1) is 0 Å². The summed E-state index contributed by atoms with van der Waals surface area (Å²) < 4.78 is 40.3. The fourth-order valence-corrected chi connectivity index (χ4v) is 2.67. The van der Waals surface area contributed by atoms with Gasteiger partial charge in [0.05, 0.1) is 15.4 Å². The average molecular weight is 348 g/mol. The summed E-state index contributed by atoms with van der Waals surface area (Å²) in [5.41, 5.74) is -0.326. The molecular formula is C13H15F3N4O4. The van der Waals surface area contributed by atoms with Gasteiger partial charge in [0.1, 0.15) is 5.69 Å². The van der Waals surface area contributed by atoms with Crippen molar-refractivity contribution in [3.63, 3.8) is 0 Å². The van der Waals surface area contributed by atoms with Crippen molar-refractivity contribution in [1.29, 1.82) is 0 Å². The van der Waals surface area contributed by atoms with Crippen molar-refractivity contribution in [2.45, 2.75) is 32.4 Å². The molecule has 1 aromatic carbocycles. The Balaban J connectivity index is 2.92. The van der Waals surface area contributed by atoms with Crippen LogP contribution in [0.2, 0.25) is 0 Å². The fourth-order valence-electron chi connectivity index (χ4n) is 2.67. The molecule has 2 rings (SSSR count). The van der Waals surface area contributed by atoms with Crippen molar-refractivity contribution in [1.82, 2.24) is 0 Å². The van der Waals surface area contributed by atoms with E-state index in [0.29, 0.717) is 12.8 Å². The Labute approximate surface area is 134 Å². The first-order chi connectivity index (χ1) is 11.1. The Kier molecular flexibility index (Phi) is 4.54. The summed E-state index contributed by atoms with van der Waals surface area (Å²) in [6.45, 7) is 1.57. The van der Waals surface area contributed by atoms with Gasteiger partial charge in [-0.25, -0.2) is 0 Å². The maximum absolute atomic E-state index is 13.4. The molecule has 0 bridgehead atoms. The van der Waals surface area contributed by atoms with Gasteiger partial charge in [0.15, 0.2) is 5.69 Å². The minimum Gasteiger partial charge on any atom is -0.393 e. The van der Waals surface area contributed by atoms with Crippen molar-refractivity contribution >= 4 is 22.7 Å². The number of benzene rings is 1. The lowest BCUT2D eigenvalue weighted by molar-refractivity contribution is -0.392. The third kappa shape index (κ3) is 3.19. The quantitative estimate of drug-likeness (QED) is 0.460. The average Bonchev–Trinajstić information content (AvgIpc) is 3.20. The van der Waals surface area contributed by atoms with Gasteiger partial charge in [-0.05, 0) is 32.1 Å². The lowest BCUT2D eigenvalue weighted by Crippen LogP contribution is -2.19. The van der Waals surface area contributed by atoms with Crippen LogP contribution in [0.1, 0.15) is 30.9 Å². The van der Waals surface area contributed by atoms with Crippen LogP contribution in [0, 0.1) is 26.1 Å². The minimum atomic E-state index is -5.03. The number of rotatable bonds is 6. The summed E-state index contributed by atoms with van der Waals surface area (Å²) in [4.78, 5) is 20.5. The van der Waals surface area contributed by atoms with Crippen molar-refractivity contribution in [3.05, 3.63) is 31.4 Å². The predicted octanol–water partition coefficient (Wildman–Crippen LogP) is 3.49. The van der Waals surface area contributed by atoms with Gasteiger partial charge >= 0.3 is 17.6 Å². The number of alkyl halides is 3. The largest absolute Gasteiger partial charge is 0.419 e. The molecule has 0 heterocycles. The highest BCUT2D eigenvalue weighted by Gasteiger charge is 2.46. The lowest BCUT2D eigenvalue weighted by Gasteiger charge is -2.18. The molecule has 132 valence electrons. The summed E-state index contributed by atoms with van der Waals surface area (Å²) in [6.07, 6.45) is -3.91. The molecular weight excluding hydrogens is 333 g/mol. The number of nitro benzene ring substituents is 2. The van der Waals surface area contributed by atoms with Gasteiger partial charge < -0.3 is 11.1 Å². The first-order valence-electron chi connectivity index (χ1n) is 7.17. The zero-order chi connectivity index (χ0) is 18.2. The summed E-state index contributed by atoms with van der Waals surface area (Å²) >= 11 is 0. The number of hydrogen-bond acceptors (Lipinski definition) is 6. The summed E-state index contributed by atoms with van der Waals surface area (Å²) in [6, 6.07) is 0. The molecule has 1 saturated carbocycles. The maximum atomic E-state index is 13.4. The van der Waals surface area contributed by atoms with E-state index in [1.165, 1.54) is 6.92 Å². The number of nitrogens with two attached hydrogens (primary N) is 1. The normalized spacial score (nSPS) is 14.5. The van der Waals surface area contributed by atoms with Crippen molar-refractivity contribution in [2.24, 2.45) is 5.92 Å². The van der Waals surface area contributed by atoms with Crippen LogP contribution >= 0.6 is 0 Å². The van der Waals surface area contributed by atoms with E-state index in [-0.39, 0.29) is 18.9 Å². The third-order valence-electron chi connectivity index (χ3n) is 3.78. The second-order valence-corrected chi connectivity index (χ2v) is 5.53. The van der Waals surface area contributed by atoms with Gasteiger partial charge in [0, 0.05) is 12.1 Å². The molecule has 0 aliphatic heterocycles. The lowest BCUT2D eigenvalue weighted by atomic mass is 9.95. The minimum absolute atomic E-state index is 0.0509. The van der Waals surface area contributed by atoms with Crippen LogP contribution in [0.4, 0.5) is 35.9 Å². The Morgan fingerprint density at radius 2 is 1.75 bits per heavy atom. The Morgan fingerprint density at radius 1 is 1.21 bits per heavy atom. The Morgan fingerprint density at radius 3 is 2.12 bits per heavy atom. The molecule has 3 N–H and O–H groups in total. The van der Waals surface area contributed by atoms with Crippen LogP contribution in [0.5, 0.6) is 0 Å². The van der Waals surface area contributed by atoms with E-state index in [1.807, 2.05) is 0 Å². The molecule has 0 saturated heterocycles. The molecule has 0 radical (unpaired) electrons. The molecule has 1 aromatic rings. The standard InChI is InChI=1S/C13H15F3N4O4/c1-2-18-10-11(19(21)22)7(5-6-3-4-6)8(13(14,15)16)9(17)12(10)20(23)24/h6,18H,2-5,17H2,1H3. The van der Waals surface area contributed by atoms with Crippen LogP contribution in [0.15, 0.2) is 0 Å². The molecule has 24 heavy (non-hydrogen) atoms. The van der Waals surface area contributed by atoms with E-state index in [9.17, 15) is 33.4 Å². The fraction of sp³-hybridized carbons (Fsp3) is 0.538. The molecule has 1 aliphatic carbocycles.